The van der Waals surface area contributed by atoms with E-state index in [0.717, 1.165) is 0 Å². The highest BCUT2D eigenvalue weighted by Gasteiger charge is 2.11. The summed E-state index contributed by atoms with van der Waals surface area (Å²) in [5.74, 6) is 0.795. The van der Waals surface area contributed by atoms with Gasteiger partial charge in [-0.3, -0.25) is 4.79 Å². The summed E-state index contributed by atoms with van der Waals surface area (Å²) in [4.78, 5) is 17.4. The van der Waals surface area contributed by atoms with Gasteiger partial charge in [-0.05, 0) is 12.1 Å². The van der Waals surface area contributed by atoms with E-state index >= 15 is 0 Å². The van der Waals surface area contributed by atoms with E-state index in [9.17, 15) is 4.79 Å². The molecule has 0 aliphatic rings. The molecule has 1 aromatic carbocycles. The van der Waals surface area contributed by atoms with Crippen LogP contribution in [0.4, 0.5) is 5.69 Å². The minimum absolute atomic E-state index is 0.00323. The SMILES string of the molecule is COc1cc(N)ccc1Oc1nc[nH]c(=O)c1Cl. The maximum atomic E-state index is 11.3. The number of nitrogens with two attached hydrogens (primary N) is 1. The molecule has 1 heterocycles. The predicted octanol–water partition coefficient (Wildman–Crippen LogP) is 1.81. The van der Waals surface area contributed by atoms with Crippen molar-refractivity contribution < 1.29 is 9.47 Å². The van der Waals surface area contributed by atoms with Crippen LogP contribution in [0.1, 0.15) is 0 Å². The summed E-state index contributed by atoms with van der Waals surface area (Å²) in [6.07, 6.45) is 1.20. The van der Waals surface area contributed by atoms with Crippen molar-refractivity contribution in [2.75, 3.05) is 12.8 Å². The molecular weight excluding hydrogens is 258 g/mol. The average molecular weight is 268 g/mol. The minimum Gasteiger partial charge on any atom is -0.493 e. The number of ether oxygens (including phenoxy) is 2. The molecule has 0 aliphatic carbocycles. The third kappa shape index (κ3) is 2.38. The van der Waals surface area contributed by atoms with E-state index in [0.29, 0.717) is 17.2 Å². The topological polar surface area (TPSA) is 90.2 Å². The van der Waals surface area contributed by atoms with Crippen molar-refractivity contribution in [2.45, 2.75) is 0 Å². The van der Waals surface area contributed by atoms with E-state index in [-0.39, 0.29) is 10.9 Å². The summed E-state index contributed by atoms with van der Waals surface area (Å²) in [6.45, 7) is 0. The van der Waals surface area contributed by atoms with Crippen molar-refractivity contribution in [3.63, 3.8) is 0 Å². The maximum Gasteiger partial charge on any atom is 0.273 e. The van der Waals surface area contributed by atoms with Crippen LogP contribution in [0.15, 0.2) is 29.3 Å². The Hall–Kier alpha value is -2.21. The molecule has 2 aromatic rings. The van der Waals surface area contributed by atoms with Gasteiger partial charge in [-0.15, -0.1) is 0 Å². The van der Waals surface area contributed by atoms with E-state index in [1.807, 2.05) is 0 Å². The lowest BCUT2D eigenvalue weighted by Crippen LogP contribution is -2.08. The average Bonchev–Trinajstić information content (AvgIpc) is 2.37. The first-order valence-corrected chi connectivity index (χ1v) is 5.34. The Balaban J connectivity index is 2.40. The van der Waals surface area contributed by atoms with Crippen molar-refractivity contribution in [1.82, 2.24) is 9.97 Å². The van der Waals surface area contributed by atoms with Crippen LogP contribution < -0.4 is 20.8 Å². The zero-order chi connectivity index (χ0) is 13.1. The molecule has 0 saturated heterocycles. The van der Waals surface area contributed by atoms with Crippen LogP contribution in [0.5, 0.6) is 17.4 Å². The molecule has 7 heteroatoms. The number of halogens is 1. The van der Waals surface area contributed by atoms with E-state index < -0.39 is 5.56 Å². The molecule has 94 valence electrons. The second-order valence-electron chi connectivity index (χ2n) is 3.36. The summed E-state index contributed by atoms with van der Waals surface area (Å²) < 4.78 is 10.5. The van der Waals surface area contributed by atoms with Gasteiger partial charge < -0.3 is 20.2 Å². The third-order valence-corrected chi connectivity index (χ3v) is 2.49. The van der Waals surface area contributed by atoms with Crippen LogP contribution in [0.25, 0.3) is 0 Å². The zero-order valence-corrected chi connectivity index (χ0v) is 10.2. The van der Waals surface area contributed by atoms with Gasteiger partial charge in [0.2, 0.25) is 5.88 Å². The molecule has 6 nitrogen and oxygen atoms in total. The molecule has 0 spiro atoms. The molecule has 18 heavy (non-hydrogen) atoms. The van der Waals surface area contributed by atoms with Crippen molar-refractivity contribution in [1.29, 1.82) is 0 Å². The Morgan fingerprint density at radius 2 is 2.17 bits per heavy atom. The summed E-state index contributed by atoms with van der Waals surface area (Å²) >= 11 is 5.77. The number of hydrogen-bond donors (Lipinski definition) is 2. The number of aromatic nitrogens is 2. The lowest BCUT2D eigenvalue weighted by atomic mass is 10.3. The van der Waals surface area contributed by atoms with Gasteiger partial charge in [0.05, 0.1) is 13.4 Å². The number of nitrogens with one attached hydrogen (secondary N) is 1. The fourth-order valence-corrected chi connectivity index (χ4v) is 1.45. The first kappa shape index (κ1) is 12.3. The summed E-state index contributed by atoms with van der Waals surface area (Å²) in [7, 11) is 1.48. The molecule has 0 bridgehead atoms. The Morgan fingerprint density at radius 1 is 1.39 bits per heavy atom. The fraction of sp³-hybridized carbons (Fsp3) is 0.0909. The normalized spacial score (nSPS) is 10.1. The number of nitrogen functional groups attached to an aromatic ring is 1. The number of methoxy groups -OCH3 is 1. The van der Waals surface area contributed by atoms with Crippen LogP contribution in [0.2, 0.25) is 5.02 Å². The minimum atomic E-state index is -0.476. The molecule has 3 N–H and O–H groups in total. The number of hydrogen-bond acceptors (Lipinski definition) is 5. The molecule has 0 radical (unpaired) electrons. The lowest BCUT2D eigenvalue weighted by Gasteiger charge is -2.10. The molecule has 0 fully saturated rings. The molecule has 2 rings (SSSR count). The van der Waals surface area contributed by atoms with Crippen molar-refractivity contribution in [3.05, 3.63) is 39.9 Å². The zero-order valence-electron chi connectivity index (χ0n) is 9.44. The quantitative estimate of drug-likeness (QED) is 0.828. The molecule has 0 saturated carbocycles. The van der Waals surface area contributed by atoms with Gasteiger partial charge in [-0.1, -0.05) is 11.6 Å². The van der Waals surface area contributed by atoms with Gasteiger partial charge in [0.15, 0.2) is 16.5 Å². The van der Waals surface area contributed by atoms with Gasteiger partial charge >= 0.3 is 0 Å². The van der Waals surface area contributed by atoms with Crippen molar-refractivity contribution in [2.24, 2.45) is 0 Å². The van der Waals surface area contributed by atoms with E-state index in [1.54, 1.807) is 18.2 Å². The van der Waals surface area contributed by atoms with E-state index in [4.69, 9.17) is 26.8 Å². The van der Waals surface area contributed by atoms with Gasteiger partial charge in [0.1, 0.15) is 0 Å². The Bertz CT molecular complexity index is 627. The summed E-state index contributed by atoms with van der Waals surface area (Å²) in [5.41, 5.74) is 5.67. The smallest absolute Gasteiger partial charge is 0.273 e. The third-order valence-electron chi connectivity index (χ3n) is 2.16. The van der Waals surface area contributed by atoms with E-state index in [1.165, 1.54) is 13.4 Å². The van der Waals surface area contributed by atoms with Gasteiger partial charge in [-0.25, -0.2) is 4.98 Å². The summed E-state index contributed by atoms with van der Waals surface area (Å²) in [5, 5.41) is -0.128. The Kier molecular flexibility index (Phi) is 3.38. The second kappa shape index (κ2) is 4.97. The molecule has 0 unspecified atom stereocenters. The molecule has 0 atom stereocenters. The highest BCUT2D eigenvalue weighted by Crippen LogP contribution is 2.33. The first-order chi connectivity index (χ1) is 8.61. The van der Waals surface area contributed by atoms with Gasteiger partial charge in [0.25, 0.3) is 5.56 Å². The monoisotopic (exact) mass is 267 g/mol. The molecular formula is C11H10ClN3O3. The number of rotatable bonds is 3. The lowest BCUT2D eigenvalue weighted by molar-refractivity contribution is 0.374. The largest absolute Gasteiger partial charge is 0.493 e. The maximum absolute atomic E-state index is 11.3. The predicted molar refractivity (Wildman–Crippen MR) is 67.3 cm³/mol. The highest BCUT2D eigenvalue weighted by molar-refractivity contribution is 6.31. The van der Waals surface area contributed by atoms with Crippen molar-refractivity contribution in [3.8, 4) is 17.4 Å². The van der Waals surface area contributed by atoms with Crippen LogP contribution in [-0.4, -0.2) is 17.1 Å². The van der Waals surface area contributed by atoms with Crippen LogP contribution >= 0.6 is 11.6 Å². The fourth-order valence-electron chi connectivity index (χ4n) is 1.31. The van der Waals surface area contributed by atoms with Crippen LogP contribution in [0.3, 0.4) is 0 Å². The molecule has 0 aliphatic heterocycles. The number of anilines is 1. The summed E-state index contributed by atoms with van der Waals surface area (Å²) in [6, 6.07) is 4.84. The van der Waals surface area contributed by atoms with Crippen LogP contribution in [-0.2, 0) is 0 Å². The number of H-pyrrole nitrogens is 1. The molecule has 0 amide bonds. The van der Waals surface area contributed by atoms with E-state index in [2.05, 4.69) is 9.97 Å². The number of benzene rings is 1. The van der Waals surface area contributed by atoms with Crippen molar-refractivity contribution >= 4 is 17.3 Å². The van der Waals surface area contributed by atoms with Gasteiger partial charge in [0, 0.05) is 11.8 Å². The second-order valence-corrected chi connectivity index (χ2v) is 3.74. The molecule has 1 aromatic heterocycles. The van der Waals surface area contributed by atoms with Crippen LogP contribution in [0, 0.1) is 0 Å². The number of aromatic amines is 1. The highest BCUT2D eigenvalue weighted by atomic mass is 35.5. The Morgan fingerprint density at radius 3 is 2.89 bits per heavy atom. The standard InChI is InChI=1S/C11H10ClN3O3/c1-17-8-4-6(13)2-3-7(8)18-11-9(12)10(16)14-5-15-11/h2-5H,13H2,1H3,(H,14,15,16). The first-order valence-electron chi connectivity index (χ1n) is 4.96. The number of nitrogens with zero attached hydrogens (tertiary/aromatic N) is 1. The Labute approximate surface area is 107 Å². The van der Waals surface area contributed by atoms with Gasteiger partial charge in [-0.2, -0.15) is 0 Å².